The highest BCUT2D eigenvalue weighted by Gasteiger charge is 2.20. The summed E-state index contributed by atoms with van der Waals surface area (Å²) in [6.45, 7) is 2.45. The van der Waals surface area contributed by atoms with Crippen molar-refractivity contribution >= 4 is 5.91 Å². The molecular weight excluding hydrogens is 192 g/mol. The molecule has 2 N–H and O–H groups in total. The van der Waals surface area contributed by atoms with Crippen molar-refractivity contribution in [2.75, 3.05) is 19.7 Å². The van der Waals surface area contributed by atoms with Crippen LogP contribution in [0.5, 0.6) is 0 Å². The Morgan fingerprint density at radius 3 is 2.80 bits per heavy atom. The predicted octanol–water partition coefficient (Wildman–Crippen LogP) is 0.424. The van der Waals surface area contributed by atoms with Crippen LogP contribution in [0.2, 0.25) is 0 Å². The lowest BCUT2D eigenvalue weighted by molar-refractivity contribution is -0.123. The van der Waals surface area contributed by atoms with Gasteiger partial charge in [0.05, 0.1) is 12.5 Å². The molecule has 0 bridgehead atoms. The first-order valence-electron chi connectivity index (χ1n) is 5.96. The van der Waals surface area contributed by atoms with Crippen molar-refractivity contribution in [2.45, 2.75) is 44.2 Å². The van der Waals surface area contributed by atoms with Crippen molar-refractivity contribution in [2.24, 2.45) is 0 Å². The molecule has 0 aromatic heterocycles. The Bertz CT molecular complexity index is 211. The quantitative estimate of drug-likeness (QED) is 0.628. The first-order valence-corrected chi connectivity index (χ1v) is 5.96. The lowest BCUT2D eigenvalue weighted by atomic mass is 10.2. The van der Waals surface area contributed by atoms with Crippen molar-refractivity contribution < 1.29 is 9.53 Å². The monoisotopic (exact) mass is 212 g/mol. The normalized spacial score (nSPS) is 25.5. The topological polar surface area (TPSA) is 50.4 Å². The van der Waals surface area contributed by atoms with E-state index >= 15 is 0 Å². The summed E-state index contributed by atoms with van der Waals surface area (Å²) in [4.78, 5) is 11.4. The van der Waals surface area contributed by atoms with E-state index in [1.165, 1.54) is 12.8 Å². The molecule has 15 heavy (non-hydrogen) atoms. The third kappa shape index (κ3) is 4.18. The Balaban J connectivity index is 1.47. The van der Waals surface area contributed by atoms with Gasteiger partial charge in [-0.05, 0) is 25.7 Å². The molecule has 1 saturated heterocycles. The van der Waals surface area contributed by atoms with Crippen LogP contribution in [0.4, 0.5) is 0 Å². The van der Waals surface area contributed by atoms with Crippen LogP contribution < -0.4 is 10.6 Å². The molecule has 4 heteroatoms. The lowest BCUT2D eigenvalue weighted by Gasteiger charge is -2.09. The number of hydrogen-bond donors (Lipinski definition) is 2. The minimum Gasteiger partial charge on any atom is -0.378 e. The van der Waals surface area contributed by atoms with Crippen LogP contribution in [0.3, 0.4) is 0 Å². The molecule has 1 saturated carbocycles. The first-order chi connectivity index (χ1) is 7.34. The zero-order valence-corrected chi connectivity index (χ0v) is 9.13. The Morgan fingerprint density at radius 1 is 1.27 bits per heavy atom. The van der Waals surface area contributed by atoms with Gasteiger partial charge in [0.15, 0.2) is 0 Å². The molecule has 4 nitrogen and oxygen atoms in total. The second kappa shape index (κ2) is 5.47. The van der Waals surface area contributed by atoms with E-state index in [4.69, 9.17) is 4.74 Å². The van der Waals surface area contributed by atoms with Gasteiger partial charge >= 0.3 is 0 Å². The van der Waals surface area contributed by atoms with Crippen LogP contribution in [-0.4, -0.2) is 37.7 Å². The van der Waals surface area contributed by atoms with E-state index < -0.39 is 0 Å². The van der Waals surface area contributed by atoms with Crippen LogP contribution in [0, 0.1) is 0 Å². The smallest absolute Gasteiger partial charge is 0.222 e. The van der Waals surface area contributed by atoms with E-state index in [9.17, 15) is 4.79 Å². The molecule has 2 rings (SSSR count). The number of hydrogen-bond acceptors (Lipinski definition) is 3. The van der Waals surface area contributed by atoms with E-state index in [0.29, 0.717) is 6.42 Å². The van der Waals surface area contributed by atoms with E-state index in [-0.39, 0.29) is 12.0 Å². The molecule has 1 atom stereocenters. The summed E-state index contributed by atoms with van der Waals surface area (Å²) in [5, 5.41) is 6.27. The van der Waals surface area contributed by atoms with E-state index in [0.717, 1.165) is 38.6 Å². The van der Waals surface area contributed by atoms with Gasteiger partial charge in [0.25, 0.3) is 0 Å². The average Bonchev–Trinajstić information content (AvgIpc) is 2.91. The number of rotatable bonds is 6. The zero-order valence-electron chi connectivity index (χ0n) is 9.13. The van der Waals surface area contributed by atoms with E-state index in [1.807, 2.05) is 0 Å². The summed E-state index contributed by atoms with van der Waals surface area (Å²) in [5.74, 6) is 0.125. The van der Waals surface area contributed by atoms with Crippen molar-refractivity contribution in [3.63, 3.8) is 0 Å². The third-order valence-electron chi connectivity index (χ3n) is 2.89. The van der Waals surface area contributed by atoms with Crippen LogP contribution >= 0.6 is 0 Å². The molecular formula is C11H20N2O2. The zero-order chi connectivity index (χ0) is 10.5. The van der Waals surface area contributed by atoms with Crippen LogP contribution in [0.15, 0.2) is 0 Å². The van der Waals surface area contributed by atoms with Crippen molar-refractivity contribution in [3.8, 4) is 0 Å². The fourth-order valence-electron chi connectivity index (χ4n) is 1.85. The van der Waals surface area contributed by atoms with E-state index in [2.05, 4.69) is 10.6 Å². The predicted molar refractivity (Wildman–Crippen MR) is 57.6 cm³/mol. The summed E-state index contributed by atoms with van der Waals surface area (Å²) in [6, 6.07) is 0.722. The van der Waals surface area contributed by atoms with Gasteiger partial charge in [0.1, 0.15) is 0 Å². The highest BCUT2D eigenvalue weighted by molar-refractivity contribution is 5.76. The van der Waals surface area contributed by atoms with Crippen LogP contribution in [0.1, 0.15) is 32.1 Å². The van der Waals surface area contributed by atoms with Crippen LogP contribution in [-0.2, 0) is 9.53 Å². The Hall–Kier alpha value is -0.610. The second-order valence-electron chi connectivity index (χ2n) is 4.42. The first kappa shape index (κ1) is 10.9. The molecule has 1 amide bonds. The maximum atomic E-state index is 11.4. The van der Waals surface area contributed by atoms with Gasteiger partial charge in [-0.25, -0.2) is 0 Å². The van der Waals surface area contributed by atoms with Gasteiger partial charge in [0, 0.05) is 25.7 Å². The third-order valence-corrected chi connectivity index (χ3v) is 2.89. The maximum Gasteiger partial charge on any atom is 0.222 e. The minimum absolute atomic E-state index is 0.125. The summed E-state index contributed by atoms with van der Waals surface area (Å²) >= 11 is 0. The molecule has 2 aliphatic rings. The van der Waals surface area contributed by atoms with Gasteiger partial charge < -0.3 is 15.4 Å². The fourth-order valence-corrected chi connectivity index (χ4v) is 1.85. The molecule has 2 fully saturated rings. The molecule has 0 aromatic carbocycles. The second-order valence-corrected chi connectivity index (χ2v) is 4.42. The molecule has 1 heterocycles. The van der Waals surface area contributed by atoms with Gasteiger partial charge in [-0.3, -0.25) is 4.79 Å². The average molecular weight is 212 g/mol. The molecule has 0 radical (unpaired) electrons. The lowest BCUT2D eigenvalue weighted by Crippen LogP contribution is -2.34. The Morgan fingerprint density at radius 2 is 2.13 bits per heavy atom. The minimum atomic E-state index is 0.125. The number of nitrogens with one attached hydrogen (secondary N) is 2. The molecule has 1 aliphatic heterocycles. The summed E-state index contributed by atoms with van der Waals surface area (Å²) in [6.07, 6.45) is 5.42. The molecule has 0 spiro atoms. The van der Waals surface area contributed by atoms with Gasteiger partial charge in [-0.1, -0.05) is 0 Å². The summed E-state index contributed by atoms with van der Waals surface area (Å²) in [7, 11) is 0. The van der Waals surface area contributed by atoms with E-state index in [1.54, 1.807) is 0 Å². The molecule has 86 valence electrons. The molecule has 1 aliphatic carbocycles. The SMILES string of the molecule is O=C(CC1CCCO1)NCCNC1CC1. The molecule has 0 aromatic rings. The van der Waals surface area contributed by atoms with Crippen molar-refractivity contribution in [1.82, 2.24) is 10.6 Å². The standard InChI is InChI=1S/C11H20N2O2/c14-11(8-10-2-1-7-15-10)13-6-5-12-9-3-4-9/h9-10,12H,1-8H2,(H,13,14). The highest BCUT2D eigenvalue weighted by atomic mass is 16.5. The maximum absolute atomic E-state index is 11.4. The fraction of sp³-hybridized carbons (Fsp3) is 0.909. The van der Waals surface area contributed by atoms with Crippen LogP contribution in [0.25, 0.3) is 0 Å². The number of ether oxygens (including phenoxy) is 1. The number of amides is 1. The van der Waals surface area contributed by atoms with Gasteiger partial charge in [0.2, 0.25) is 5.91 Å². The van der Waals surface area contributed by atoms with Crippen molar-refractivity contribution in [3.05, 3.63) is 0 Å². The highest BCUT2D eigenvalue weighted by Crippen LogP contribution is 2.17. The summed E-state index contributed by atoms with van der Waals surface area (Å²) in [5.41, 5.74) is 0. The van der Waals surface area contributed by atoms with Gasteiger partial charge in [-0.15, -0.1) is 0 Å². The molecule has 1 unspecified atom stereocenters. The van der Waals surface area contributed by atoms with Crippen molar-refractivity contribution in [1.29, 1.82) is 0 Å². The van der Waals surface area contributed by atoms with Gasteiger partial charge in [-0.2, -0.15) is 0 Å². The Labute approximate surface area is 90.8 Å². The number of carbonyl (C=O) groups is 1. The summed E-state index contributed by atoms with van der Waals surface area (Å²) < 4.78 is 5.40. The largest absolute Gasteiger partial charge is 0.378 e. The number of carbonyl (C=O) groups excluding carboxylic acids is 1. The Kier molecular flexibility index (Phi) is 3.97.